The zero-order valence-electron chi connectivity index (χ0n) is 9.07. The minimum Gasteiger partial charge on any atom is -0.334 e. The Morgan fingerprint density at radius 2 is 2.19 bits per heavy atom. The first kappa shape index (κ1) is 10.5. The van der Waals surface area contributed by atoms with Gasteiger partial charge in [0.25, 0.3) is 0 Å². The van der Waals surface area contributed by atoms with E-state index in [0.29, 0.717) is 17.0 Å². The molecule has 1 heterocycles. The topological polar surface area (TPSA) is 34.9 Å². The molecular weight excluding hydrogens is 207 g/mol. The Labute approximate surface area is 92.5 Å². The van der Waals surface area contributed by atoms with Crippen molar-refractivity contribution in [2.45, 2.75) is 6.92 Å². The molecule has 0 unspecified atom stereocenters. The SMILES string of the molecule is CC(=O)c1ccc(F)c(-c2nccn2C)c1. The van der Waals surface area contributed by atoms with Crippen LogP contribution in [0.3, 0.4) is 0 Å². The number of ketones is 1. The Morgan fingerprint density at radius 1 is 1.44 bits per heavy atom. The highest BCUT2D eigenvalue weighted by molar-refractivity contribution is 5.95. The summed E-state index contributed by atoms with van der Waals surface area (Å²) in [5.74, 6) is 0.0513. The first-order valence-electron chi connectivity index (χ1n) is 4.88. The summed E-state index contributed by atoms with van der Waals surface area (Å²) >= 11 is 0. The summed E-state index contributed by atoms with van der Waals surface area (Å²) in [4.78, 5) is 15.3. The molecule has 0 aliphatic rings. The fourth-order valence-electron chi connectivity index (χ4n) is 1.54. The van der Waals surface area contributed by atoms with Crippen molar-refractivity contribution < 1.29 is 9.18 Å². The summed E-state index contributed by atoms with van der Waals surface area (Å²) in [5.41, 5.74) is 0.833. The summed E-state index contributed by atoms with van der Waals surface area (Å²) < 4.78 is 15.3. The Morgan fingerprint density at radius 3 is 2.75 bits per heavy atom. The average Bonchev–Trinajstić information content (AvgIpc) is 2.65. The maximum atomic E-state index is 13.6. The molecule has 0 fully saturated rings. The lowest BCUT2D eigenvalue weighted by Crippen LogP contribution is -1.98. The number of nitrogens with zero attached hydrogens (tertiary/aromatic N) is 2. The molecule has 0 aliphatic carbocycles. The second kappa shape index (κ2) is 3.89. The summed E-state index contributed by atoms with van der Waals surface area (Å²) in [6.07, 6.45) is 3.32. The largest absolute Gasteiger partial charge is 0.334 e. The molecule has 0 spiro atoms. The number of hydrogen-bond acceptors (Lipinski definition) is 2. The van der Waals surface area contributed by atoms with Crippen LogP contribution in [0, 0.1) is 5.82 Å². The fourth-order valence-corrected chi connectivity index (χ4v) is 1.54. The Kier molecular flexibility index (Phi) is 2.56. The van der Waals surface area contributed by atoms with E-state index in [4.69, 9.17) is 0 Å². The van der Waals surface area contributed by atoms with Gasteiger partial charge in [-0.05, 0) is 25.1 Å². The number of benzene rings is 1. The lowest BCUT2D eigenvalue weighted by Gasteiger charge is -2.05. The molecule has 1 aromatic carbocycles. The van der Waals surface area contributed by atoms with Crippen molar-refractivity contribution in [3.05, 3.63) is 42.0 Å². The smallest absolute Gasteiger partial charge is 0.159 e. The molecule has 2 rings (SSSR count). The quantitative estimate of drug-likeness (QED) is 0.725. The molecule has 16 heavy (non-hydrogen) atoms. The molecule has 0 amide bonds. The summed E-state index contributed by atoms with van der Waals surface area (Å²) in [6, 6.07) is 4.30. The summed E-state index contributed by atoms with van der Waals surface area (Å²) in [5, 5.41) is 0. The van der Waals surface area contributed by atoms with E-state index in [1.54, 1.807) is 24.0 Å². The van der Waals surface area contributed by atoms with E-state index in [0.717, 1.165) is 0 Å². The minimum absolute atomic E-state index is 0.0875. The second-order valence-electron chi connectivity index (χ2n) is 3.61. The molecular formula is C12H11FN2O. The zero-order chi connectivity index (χ0) is 11.7. The van der Waals surface area contributed by atoms with Crippen molar-refractivity contribution >= 4 is 5.78 Å². The van der Waals surface area contributed by atoms with Gasteiger partial charge in [0.2, 0.25) is 0 Å². The highest BCUT2D eigenvalue weighted by atomic mass is 19.1. The van der Waals surface area contributed by atoms with Crippen molar-refractivity contribution in [3.8, 4) is 11.4 Å². The molecule has 2 aromatic rings. The highest BCUT2D eigenvalue weighted by Crippen LogP contribution is 2.22. The number of halogens is 1. The van der Waals surface area contributed by atoms with E-state index in [1.807, 2.05) is 0 Å². The van der Waals surface area contributed by atoms with Crippen LogP contribution in [-0.4, -0.2) is 15.3 Å². The normalized spacial score (nSPS) is 10.4. The van der Waals surface area contributed by atoms with Crippen molar-refractivity contribution in [2.75, 3.05) is 0 Å². The van der Waals surface area contributed by atoms with Crippen molar-refractivity contribution in [1.82, 2.24) is 9.55 Å². The molecule has 1 aromatic heterocycles. The summed E-state index contributed by atoms with van der Waals surface area (Å²) in [6.45, 7) is 1.45. The van der Waals surface area contributed by atoms with E-state index in [2.05, 4.69) is 4.98 Å². The van der Waals surface area contributed by atoms with Crippen LogP contribution >= 0.6 is 0 Å². The van der Waals surface area contributed by atoms with Gasteiger partial charge in [-0.15, -0.1) is 0 Å². The van der Waals surface area contributed by atoms with Gasteiger partial charge in [0.15, 0.2) is 5.78 Å². The molecule has 0 aliphatic heterocycles. The lowest BCUT2D eigenvalue weighted by atomic mass is 10.1. The Hall–Kier alpha value is -1.97. The van der Waals surface area contributed by atoms with Gasteiger partial charge in [-0.25, -0.2) is 9.37 Å². The van der Waals surface area contributed by atoms with E-state index < -0.39 is 0 Å². The third-order valence-corrected chi connectivity index (χ3v) is 2.43. The number of imidazole rings is 1. The zero-order valence-corrected chi connectivity index (χ0v) is 9.07. The van der Waals surface area contributed by atoms with Crippen LogP contribution in [0.2, 0.25) is 0 Å². The van der Waals surface area contributed by atoms with E-state index in [9.17, 15) is 9.18 Å². The number of carbonyl (C=O) groups is 1. The van der Waals surface area contributed by atoms with Gasteiger partial charge in [0.05, 0.1) is 5.56 Å². The number of rotatable bonds is 2. The molecule has 0 atom stereocenters. The predicted molar refractivity (Wildman–Crippen MR) is 58.6 cm³/mol. The Bertz CT molecular complexity index is 546. The van der Waals surface area contributed by atoms with Crippen LogP contribution in [0.15, 0.2) is 30.6 Å². The van der Waals surface area contributed by atoms with E-state index in [-0.39, 0.29) is 11.6 Å². The lowest BCUT2D eigenvalue weighted by molar-refractivity contribution is 0.101. The molecule has 82 valence electrons. The van der Waals surface area contributed by atoms with Gasteiger partial charge in [0, 0.05) is 25.0 Å². The molecule has 0 bridgehead atoms. The maximum Gasteiger partial charge on any atom is 0.159 e. The van der Waals surface area contributed by atoms with Crippen molar-refractivity contribution in [2.24, 2.45) is 7.05 Å². The van der Waals surface area contributed by atoms with Gasteiger partial charge >= 0.3 is 0 Å². The standard InChI is InChI=1S/C12H11FN2O/c1-8(16)9-3-4-11(13)10(7-9)12-14-5-6-15(12)2/h3-7H,1-2H3. The molecule has 3 nitrogen and oxygen atoms in total. The first-order chi connectivity index (χ1) is 7.59. The number of aromatic nitrogens is 2. The van der Waals surface area contributed by atoms with Crippen LogP contribution in [0.4, 0.5) is 4.39 Å². The second-order valence-corrected chi connectivity index (χ2v) is 3.61. The highest BCUT2D eigenvalue weighted by Gasteiger charge is 2.11. The number of carbonyl (C=O) groups excluding carboxylic acids is 1. The number of hydrogen-bond donors (Lipinski definition) is 0. The van der Waals surface area contributed by atoms with Crippen LogP contribution < -0.4 is 0 Å². The van der Waals surface area contributed by atoms with Crippen LogP contribution in [0.1, 0.15) is 17.3 Å². The van der Waals surface area contributed by atoms with E-state index >= 15 is 0 Å². The van der Waals surface area contributed by atoms with Gasteiger partial charge in [-0.2, -0.15) is 0 Å². The maximum absolute atomic E-state index is 13.6. The minimum atomic E-state index is -0.376. The van der Waals surface area contributed by atoms with Crippen LogP contribution in [-0.2, 0) is 7.05 Å². The van der Waals surface area contributed by atoms with Crippen LogP contribution in [0.25, 0.3) is 11.4 Å². The number of aryl methyl sites for hydroxylation is 1. The van der Waals surface area contributed by atoms with Gasteiger partial charge in [0.1, 0.15) is 11.6 Å². The molecule has 0 saturated heterocycles. The van der Waals surface area contributed by atoms with Gasteiger partial charge in [-0.3, -0.25) is 4.79 Å². The number of Topliss-reactive ketones (excluding diaryl/α,β-unsaturated/α-hetero) is 1. The van der Waals surface area contributed by atoms with Crippen molar-refractivity contribution in [1.29, 1.82) is 0 Å². The molecule has 4 heteroatoms. The average molecular weight is 218 g/mol. The molecule has 0 saturated carbocycles. The van der Waals surface area contributed by atoms with Gasteiger partial charge < -0.3 is 4.57 Å². The third-order valence-electron chi connectivity index (χ3n) is 2.43. The summed E-state index contributed by atoms with van der Waals surface area (Å²) in [7, 11) is 1.78. The monoisotopic (exact) mass is 218 g/mol. The van der Waals surface area contributed by atoms with E-state index in [1.165, 1.54) is 25.1 Å². The molecule has 0 N–H and O–H groups in total. The predicted octanol–water partition coefficient (Wildman–Crippen LogP) is 2.43. The third kappa shape index (κ3) is 1.74. The van der Waals surface area contributed by atoms with Gasteiger partial charge in [-0.1, -0.05) is 0 Å². The first-order valence-corrected chi connectivity index (χ1v) is 4.88. The van der Waals surface area contributed by atoms with Crippen LogP contribution in [0.5, 0.6) is 0 Å². The fraction of sp³-hybridized carbons (Fsp3) is 0.167. The van der Waals surface area contributed by atoms with Crippen molar-refractivity contribution in [3.63, 3.8) is 0 Å². The molecule has 0 radical (unpaired) electrons. The Balaban J connectivity index is 2.60.